The van der Waals surface area contributed by atoms with Gasteiger partial charge in [0.1, 0.15) is 24.9 Å². The molecule has 0 bridgehead atoms. The van der Waals surface area contributed by atoms with E-state index in [0.29, 0.717) is 6.61 Å². The number of aliphatic hydroxyl groups excluding tert-OH is 4. The highest BCUT2D eigenvalue weighted by Gasteiger charge is 2.48. The van der Waals surface area contributed by atoms with Gasteiger partial charge < -0.3 is 29.9 Å². The zero-order valence-corrected chi connectivity index (χ0v) is 24.8. The third-order valence-electron chi connectivity index (χ3n) is 7.30. The Labute approximate surface area is 231 Å². The average molecular weight is 568 g/mol. The molecule has 7 atom stereocenters. The van der Waals surface area contributed by atoms with Crippen molar-refractivity contribution in [1.29, 1.82) is 0 Å². The van der Waals surface area contributed by atoms with E-state index < -0.39 is 44.9 Å². The highest BCUT2D eigenvalue weighted by atomic mass is 31.1. The van der Waals surface area contributed by atoms with E-state index in [9.17, 15) is 25.0 Å². The van der Waals surface area contributed by atoms with E-state index >= 15 is 0 Å². The molecular weight excluding hydrogens is 511 g/mol. The minimum Gasteiger partial charge on any atom is -0.390 e. The molecule has 0 radical (unpaired) electrons. The Bertz CT molecular complexity index is 568. The second kappa shape index (κ2) is 23.5. The van der Waals surface area contributed by atoms with Gasteiger partial charge in [-0.3, -0.25) is 0 Å². The van der Waals surface area contributed by atoms with Gasteiger partial charge in [0.25, 0.3) is 0 Å². The van der Waals surface area contributed by atoms with Crippen LogP contribution in [0.4, 0.5) is 0 Å². The van der Waals surface area contributed by atoms with Crippen LogP contribution in [0.25, 0.3) is 0 Å². The number of methoxy groups -OCH3 is 1. The molecule has 1 saturated carbocycles. The zero-order valence-electron chi connectivity index (χ0n) is 23.9. The Kier molecular flexibility index (Phi) is 22.1. The predicted molar refractivity (Wildman–Crippen MR) is 148 cm³/mol. The number of hydrogen-bond donors (Lipinski definition) is 4. The van der Waals surface area contributed by atoms with E-state index in [4.69, 9.17) is 18.5 Å². The van der Waals surface area contributed by atoms with E-state index in [1.165, 1.54) is 97.0 Å². The molecule has 9 nitrogen and oxygen atoms in total. The summed E-state index contributed by atoms with van der Waals surface area (Å²) in [6, 6.07) is 0. The van der Waals surface area contributed by atoms with Crippen LogP contribution in [0, 0.1) is 0 Å². The molecular formula is C28H56O9P+. The maximum absolute atomic E-state index is 12.1. The van der Waals surface area contributed by atoms with Crippen molar-refractivity contribution in [2.24, 2.45) is 0 Å². The molecule has 7 unspecified atom stereocenters. The van der Waals surface area contributed by atoms with Crippen molar-refractivity contribution < 1.29 is 43.5 Å². The molecule has 0 aliphatic heterocycles. The van der Waals surface area contributed by atoms with Crippen LogP contribution in [-0.2, 0) is 23.1 Å². The maximum Gasteiger partial charge on any atom is 0.697 e. The quantitative estimate of drug-likeness (QED) is 0.0869. The van der Waals surface area contributed by atoms with Gasteiger partial charge in [-0.15, -0.1) is 9.05 Å². The minimum absolute atomic E-state index is 0.0469. The van der Waals surface area contributed by atoms with Crippen molar-refractivity contribution in [2.75, 3.05) is 26.9 Å². The summed E-state index contributed by atoms with van der Waals surface area (Å²) in [5, 5.41) is 39.2. The van der Waals surface area contributed by atoms with Crippen LogP contribution < -0.4 is 0 Å². The molecule has 10 heteroatoms. The molecule has 226 valence electrons. The SMILES string of the molecule is CCCCCCCCCCCCCCCCCCOCC(CO[P+](=O)OC1C(O)CC(O)C(O)C1O)OC. The van der Waals surface area contributed by atoms with Crippen molar-refractivity contribution in [1.82, 2.24) is 0 Å². The minimum atomic E-state index is -2.67. The molecule has 38 heavy (non-hydrogen) atoms. The van der Waals surface area contributed by atoms with Gasteiger partial charge in [0.15, 0.2) is 6.10 Å². The average Bonchev–Trinajstić information content (AvgIpc) is 2.90. The first-order valence-electron chi connectivity index (χ1n) is 15.0. The number of unbranched alkanes of at least 4 members (excludes halogenated alkanes) is 15. The van der Waals surface area contributed by atoms with Crippen LogP contribution in [0.15, 0.2) is 0 Å². The van der Waals surface area contributed by atoms with E-state index in [2.05, 4.69) is 6.92 Å². The second-order valence-electron chi connectivity index (χ2n) is 10.7. The summed E-state index contributed by atoms with van der Waals surface area (Å²) in [7, 11) is -1.16. The normalized spacial score (nSPS) is 25.0. The number of hydrogen-bond acceptors (Lipinski definition) is 9. The summed E-state index contributed by atoms with van der Waals surface area (Å²) in [4.78, 5) is 0. The molecule has 0 aromatic carbocycles. The lowest BCUT2D eigenvalue weighted by Crippen LogP contribution is -2.56. The van der Waals surface area contributed by atoms with Crippen molar-refractivity contribution in [3.05, 3.63) is 0 Å². The Hall–Kier alpha value is -0.220. The molecule has 0 aromatic heterocycles. The van der Waals surface area contributed by atoms with Gasteiger partial charge in [-0.1, -0.05) is 103 Å². The lowest BCUT2D eigenvalue weighted by Gasteiger charge is -2.35. The lowest BCUT2D eigenvalue weighted by atomic mass is 9.87. The lowest BCUT2D eigenvalue weighted by molar-refractivity contribution is -0.169. The van der Waals surface area contributed by atoms with Gasteiger partial charge >= 0.3 is 8.25 Å². The molecule has 1 aliphatic rings. The first-order valence-corrected chi connectivity index (χ1v) is 16.1. The smallest absolute Gasteiger partial charge is 0.390 e. The van der Waals surface area contributed by atoms with Crippen LogP contribution in [0.5, 0.6) is 0 Å². The largest absolute Gasteiger partial charge is 0.697 e. The summed E-state index contributed by atoms with van der Waals surface area (Å²) in [6.45, 7) is 3.14. The molecule has 1 aliphatic carbocycles. The summed E-state index contributed by atoms with van der Waals surface area (Å²) in [5.41, 5.74) is 0. The molecule has 0 aromatic rings. The standard InChI is InChI=1S/C28H56O9P/c1-3-4-5-6-7-8-9-10-11-12-13-14-15-16-17-18-19-35-21-23(34-2)22-36-38(33)37-28-25(30)20-24(29)26(31)27(28)32/h23-32H,3-22H2,1-2H3/q+1. The monoisotopic (exact) mass is 567 g/mol. The zero-order chi connectivity index (χ0) is 28.0. The summed E-state index contributed by atoms with van der Waals surface area (Å²) < 4.78 is 33.3. The fourth-order valence-electron chi connectivity index (χ4n) is 4.73. The molecule has 0 amide bonds. The summed E-state index contributed by atoms with van der Waals surface area (Å²) in [6.07, 6.45) is 13.6. The van der Waals surface area contributed by atoms with E-state index in [-0.39, 0.29) is 19.6 Å². The van der Waals surface area contributed by atoms with Crippen LogP contribution >= 0.6 is 8.25 Å². The Morgan fingerprint density at radius 2 is 1.21 bits per heavy atom. The Morgan fingerprint density at radius 1 is 0.711 bits per heavy atom. The fourth-order valence-corrected chi connectivity index (χ4v) is 5.54. The van der Waals surface area contributed by atoms with Crippen LogP contribution in [0.2, 0.25) is 0 Å². The molecule has 0 spiro atoms. The van der Waals surface area contributed by atoms with Crippen molar-refractivity contribution in [3.8, 4) is 0 Å². The van der Waals surface area contributed by atoms with Crippen molar-refractivity contribution in [2.45, 2.75) is 153 Å². The van der Waals surface area contributed by atoms with Crippen molar-refractivity contribution >= 4 is 8.25 Å². The number of rotatable bonds is 25. The predicted octanol–water partition coefficient (Wildman–Crippen LogP) is 5.19. The van der Waals surface area contributed by atoms with Gasteiger partial charge in [0.05, 0.1) is 18.8 Å². The topological polar surface area (TPSA) is 135 Å². The second-order valence-corrected chi connectivity index (χ2v) is 11.6. The van der Waals surface area contributed by atoms with Crippen molar-refractivity contribution in [3.63, 3.8) is 0 Å². The molecule has 1 rings (SSSR count). The summed E-state index contributed by atoms with van der Waals surface area (Å²) in [5.74, 6) is 0. The van der Waals surface area contributed by atoms with Crippen LogP contribution in [0.1, 0.15) is 116 Å². The van der Waals surface area contributed by atoms with Gasteiger partial charge in [-0.25, -0.2) is 0 Å². The molecule has 4 N–H and O–H groups in total. The third-order valence-corrected chi connectivity index (χ3v) is 8.07. The van der Waals surface area contributed by atoms with E-state index in [1.807, 2.05) is 0 Å². The first kappa shape index (κ1) is 35.8. The summed E-state index contributed by atoms with van der Waals surface area (Å²) >= 11 is 0. The van der Waals surface area contributed by atoms with E-state index in [1.54, 1.807) is 0 Å². The highest BCUT2D eigenvalue weighted by Crippen LogP contribution is 2.33. The van der Waals surface area contributed by atoms with Gasteiger partial charge in [0.2, 0.25) is 0 Å². The number of aliphatic hydroxyl groups is 4. The van der Waals surface area contributed by atoms with E-state index in [0.717, 1.165) is 12.8 Å². The van der Waals surface area contributed by atoms with Gasteiger partial charge in [0, 0.05) is 24.7 Å². The molecule has 0 saturated heterocycles. The van der Waals surface area contributed by atoms with Crippen LogP contribution in [-0.4, -0.2) is 84.0 Å². The van der Waals surface area contributed by atoms with Crippen LogP contribution in [0.3, 0.4) is 0 Å². The number of ether oxygens (including phenoxy) is 2. The first-order chi connectivity index (χ1) is 18.4. The Morgan fingerprint density at radius 3 is 1.71 bits per heavy atom. The van der Waals surface area contributed by atoms with Gasteiger partial charge in [-0.05, 0) is 6.42 Å². The highest BCUT2D eigenvalue weighted by molar-refractivity contribution is 7.33. The molecule has 0 heterocycles. The maximum atomic E-state index is 12.1. The molecule has 1 fully saturated rings. The third kappa shape index (κ3) is 16.8. The Balaban J connectivity index is 1.94. The van der Waals surface area contributed by atoms with Gasteiger partial charge in [-0.2, -0.15) is 0 Å². The fraction of sp³-hybridized carbons (Fsp3) is 1.00.